The van der Waals surface area contributed by atoms with Gasteiger partial charge in [0.2, 0.25) is 0 Å². The second-order valence-corrected chi connectivity index (χ2v) is 8.00. The van der Waals surface area contributed by atoms with Gasteiger partial charge in [-0.05, 0) is 55.9 Å². The number of ether oxygens (including phenoxy) is 1. The number of hydrogen-bond acceptors (Lipinski definition) is 1. The van der Waals surface area contributed by atoms with E-state index in [1.54, 1.807) is 4.90 Å². The van der Waals surface area contributed by atoms with Crippen LogP contribution in [0.3, 0.4) is 0 Å². The average molecular weight is 329 g/mol. The first kappa shape index (κ1) is 16.2. The fourth-order valence-corrected chi connectivity index (χ4v) is 5.00. The summed E-state index contributed by atoms with van der Waals surface area (Å²) in [5.41, 5.74) is 1.44. The zero-order valence-electron chi connectivity index (χ0n) is 15.0. The van der Waals surface area contributed by atoms with Crippen molar-refractivity contribution in [2.75, 3.05) is 39.3 Å². The predicted molar refractivity (Wildman–Crippen MR) is 96.4 cm³/mol. The topological polar surface area (TPSA) is 18.1 Å². The summed E-state index contributed by atoms with van der Waals surface area (Å²) in [6.07, 6.45) is 7.89. The van der Waals surface area contributed by atoms with E-state index in [4.69, 9.17) is 4.74 Å². The molecule has 2 N–H and O–H groups in total. The summed E-state index contributed by atoms with van der Waals surface area (Å²) in [7, 11) is 0. The van der Waals surface area contributed by atoms with Gasteiger partial charge < -0.3 is 14.5 Å². The van der Waals surface area contributed by atoms with E-state index in [0.29, 0.717) is 0 Å². The lowest BCUT2D eigenvalue weighted by atomic mass is 9.93. The molecule has 1 saturated carbocycles. The van der Waals surface area contributed by atoms with Crippen molar-refractivity contribution in [1.29, 1.82) is 0 Å². The van der Waals surface area contributed by atoms with E-state index in [-0.39, 0.29) is 0 Å². The van der Waals surface area contributed by atoms with Gasteiger partial charge in [0.05, 0.1) is 13.2 Å². The molecule has 3 nitrogen and oxygen atoms in total. The van der Waals surface area contributed by atoms with Crippen LogP contribution in [-0.2, 0) is 6.54 Å². The van der Waals surface area contributed by atoms with Crippen LogP contribution in [0.15, 0.2) is 36.4 Å². The molecule has 2 aliphatic carbocycles. The van der Waals surface area contributed by atoms with Gasteiger partial charge in [0.15, 0.2) is 0 Å². The standard InChI is InChI=1S/C21H30N2O/c1-2-24-21-7-4-17(5-8-21)15-22-9-11-23(12-10-22)16-20-14-18-3-6-19(20)13-18/h3-8,18-20H,2,9-16H2,1H3/p+2/t18-,19-,20+/m0/s1. The van der Waals surface area contributed by atoms with Crippen molar-refractivity contribution in [3.8, 4) is 5.75 Å². The molecule has 0 radical (unpaired) electrons. The van der Waals surface area contributed by atoms with E-state index in [0.717, 1.165) is 36.7 Å². The van der Waals surface area contributed by atoms with Crippen LogP contribution >= 0.6 is 0 Å². The maximum absolute atomic E-state index is 5.53. The molecule has 0 aromatic heterocycles. The monoisotopic (exact) mass is 328 g/mol. The minimum atomic E-state index is 0.744. The van der Waals surface area contributed by atoms with Crippen LogP contribution in [-0.4, -0.2) is 39.3 Å². The van der Waals surface area contributed by atoms with Crippen molar-refractivity contribution < 1.29 is 14.5 Å². The largest absolute Gasteiger partial charge is 0.494 e. The van der Waals surface area contributed by atoms with Crippen LogP contribution in [0.2, 0.25) is 0 Å². The Morgan fingerprint density at radius 1 is 0.958 bits per heavy atom. The van der Waals surface area contributed by atoms with Crippen molar-refractivity contribution in [2.24, 2.45) is 17.8 Å². The molecule has 3 atom stereocenters. The number of piperazine rings is 1. The molecule has 4 rings (SSSR count). The third-order valence-corrected chi connectivity index (χ3v) is 6.32. The summed E-state index contributed by atoms with van der Waals surface area (Å²) < 4.78 is 5.53. The van der Waals surface area contributed by atoms with E-state index < -0.39 is 0 Å². The number of benzene rings is 1. The Bertz CT molecular complexity index is 560. The molecule has 1 aliphatic heterocycles. The highest BCUT2D eigenvalue weighted by molar-refractivity contribution is 5.26. The van der Waals surface area contributed by atoms with Gasteiger partial charge in [0.1, 0.15) is 38.5 Å². The Labute approximate surface area is 146 Å². The number of hydrogen-bond donors (Lipinski definition) is 2. The Balaban J connectivity index is 1.22. The fourth-order valence-electron chi connectivity index (χ4n) is 5.00. The number of rotatable bonds is 6. The van der Waals surface area contributed by atoms with E-state index >= 15 is 0 Å². The SMILES string of the molecule is CCOc1ccc(C[NH+]2CC[NH+](C[C@H]3C[C@H]4C=C[C@H]3C4)CC2)cc1. The summed E-state index contributed by atoms with van der Waals surface area (Å²) >= 11 is 0. The van der Waals surface area contributed by atoms with Gasteiger partial charge in [-0.2, -0.15) is 0 Å². The third kappa shape index (κ3) is 3.68. The fraction of sp³-hybridized carbons (Fsp3) is 0.619. The highest BCUT2D eigenvalue weighted by atomic mass is 16.5. The smallest absolute Gasteiger partial charge is 0.127 e. The second-order valence-electron chi connectivity index (χ2n) is 8.00. The summed E-state index contributed by atoms with van der Waals surface area (Å²) in [6.45, 7) is 10.7. The number of allylic oxidation sites excluding steroid dienone is 2. The Kier molecular flexibility index (Phi) is 4.91. The van der Waals surface area contributed by atoms with Gasteiger partial charge >= 0.3 is 0 Å². The van der Waals surface area contributed by atoms with Gasteiger partial charge in [-0.15, -0.1) is 0 Å². The summed E-state index contributed by atoms with van der Waals surface area (Å²) in [4.78, 5) is 3.60. The van der Waals surface area contributed by atoms with Crippen LogP contribution in [0, 0.1) is 17.8 Å². The molecule has 3 heteroatoms. The lowest BCUT2D eigenvalue weighted by molar-refractivity contribution is -1.02. The molecule has 2 bridgehead atoms. The molecule has 130 valence electrons. The molecule has 0 spiro atoms. The van der Waals surface area contributed by atoms with Gasteiger partial charge in [-0.1, -0.05) is 12.2 Å². The molecule has 1 aromatic rings. The van der Waals surface area contributed by atoms with Gasteiger partial charge in [0.25, 0.3) is 0 Å². The second kappa shape index (κ2) is 7.28. The maximum atomic E-state index is 5.53. The van der Waals surface area contributed by atoms with Crippen molar-refractivity contribution >= 4 is 0 Å². The molecule has 0 amide bonds. The Morgan fingerprint density at radius 2 is 1.71 bits per heavy atom. The minimum absolute atomic E-state index is 0.744. The first-order valence-electron chi connectivity index (χ1n) is 9.87. The Morgan fingerprint density at radius 3 is 2.33 bits per heavy atom. The number of fused-ring (bicyclic) bond motifs is 2. The summed E-state index contributed by atoms with van der Waals surface area (Å²) in [5, 5.41) is 0. The number of nitrogens with one attached hydrogen (secondary N) is 2. The van der Waals surface area contributed by atoms with Gasteiger partial charge in [-0.25, -0.2) is 0 Å². The molecule has 1 aromatic carbocycles. The van der Waals surface area contributed by atoms with Crippen molar-refractivity contribution in [1.82, 2.24) is 0 Å². The van der Waals surface area contributed by atoms with Gasteiger partial charge in [0, 0.05) is 11.5 Å². The molecule has 1 saturated heterocycles. The zero-order chi connectivity index (χ0) is 16.4. The lowest BCUT2D eigenvalue weighted by Crippen LogP contribution is -3.27. The van der Waals surface area contributed by atoms with Gasteiger partial charge in [-0.3, -0.25) is 0 Å². The summed E-state index contributed by atoms with van der Waals surface area (Å²) in [5.74, 6) is 3.80. The van der Waals surface area contributed by atoms with E-state index in [9.17, 15) is 0 Å². The third-order valence-electron chi connectivity index (χ3n) is 6.32. The Hall–Kier alpha value is -1.32. The van der Waals surface area contributed by atoms with Crippen molar-refractivity contribution in [2.45, 2.75) is 26.3 Å². The molecular formula is C21H32N2O+2. The van der Waals surface area contributed by atoms with E-state index in [1.165, 1.54) is 51.1 Å². The zero-order valence-corrected chi connectivity index (χ0v) is 15.0. The molecule has 0 unspecified atom stereocenters. The summed E-state index contributed by atoms with van der Waals surface area (Å²) in [6, 6.07) is 8.70. The number of quaternary nitrogens is 2. The molecule has 2 fully saturated rings. The lowest BCUT2D eigenvalue weighted by Gasteiger charge is -2.32. The van der Waals surface area contributed by atoms with Crippen molar-refractivity contribution in [3.63, 3.8) is 0 Å². The molecule has 1 heterocycles. The van der Waals surface area contributed by atoms with Crippen molar-refractivity contribution in [3.05, 3.63) is 42.0 Å². The van der Waals surface area contributed by atoms with Crippen LogP contribution in [0.4, 0.5) is 0 Å². The first-order chi connectivity index (χ1) is 11.8. The first-order valence-corrected chi connectivity index (χ1v) is 9.87. The van der Waals surface area contributed by atoms with E-state index in [2.05, 4.69) is 36.4 Å². The van der Waals surface area contributed by atoms with Crippen LogP contribution in [0.5, 0.6) is 5.75 Å². The minimum Gasteiger partial charge on any atom is -0.494 e. The van der Waals surface area contributed by atoms with Crippen LogP contribution in [0.25, 0.3) is 0 Å². The normalized spacial score (nSPS) is 34.6. The highest BCUT2D eigenvalue weighted by Crippen LogP contribution is 2.42. The predicted octanol–water partition coefficient (Wildman–Crippen LogP) is 0.581. The molecule has 3 aliphatic rings. The van der Waals surface area contributed by atoms with Crippen LogP contribution < -0.4 is 14.5 Å². The quantitative estimate of drug-likeness (QED) is 0.731. The molecular weight excluding hydrogens is 296 g/mol. The van der Waals surface area contributed by atoms with E-state index in [1.807, 2.05) is 11.8 Å². The average Bonchev–Trinajstić information content (AvgIpc) is 3.22. The van der Waals surface area contributed by atoms with Crippen LogP contribution in [0.1, 0.15) is 25.3 Å². The molecule has 24 heavy (non-hydrogen) atoms. The maximum Gasteiger partial charge on any atom is 0.127 e. The highest BCUT2D eigenvalue weighted by Gasteiger charge is 2.38.